The standard InChI is InChI=1S/C38H20O2S/c1-4-13-33-22(8-1)31-18-27-21(17-35(31)39-33)16-28(26-12-7-11-25-24-10-3-6-15-37(24)41-38(25)26)29-19-32-23-9-2-5-14-34(23)40-36(32)20-30(27)29/h1-20H. The SMILES string of the molecule is c1ccc2c(c1)oc1cc3c(cc12)c(-c1cccc2c1sc1ccccc12)cc1cc2oc4ccccc4c2cc13. The zero-order valence-electron chi connectivity index (χ0n) is 21.8. The Kier molecular flexibility index (Phi) is 4.10. The van der Waals surface area contributed by atoms with Crippen molar-refractivity contribution < 1.29 is 8.83 Å². The molecule has 2 nitrogen and oxygen atoms in total. The maximum absolute atomic E-state index is 6.39. The quantitative estimate of drug-likeness (QED) is 0.194. The molecule has 0 amide bonds. The van der Waals surface area contributed by atoms with Crippen molar-refractivity contribution >= 4 is 96.9 Å². The molecule has 3 heteroatoms. The molecular formula is C38H20O2S. The highest BCUT2D eigenvalue weighted by atomic mass is 32.1. The molecule has 190 valence electrons. The van der Waals surface area contributed by atoms with Crippen LogP contribution in [0, 0.1) is 0 Å². The van der Waals surface area contributed by atoms with Gasteiger partial charge < -0.3 is 8.83 Å². The summed E-state index contributed by atoms with van der Waals surface area (Å²) < 4.78 is 15.3. The van der Waals surface area contributed by atoms with Gasteiger partial charge in [-0.2, -0.15) is 0 Å². The van der Waals surface area contributed by atoms with Crippen LogP contribution in [0.15, 0.2) is 130 Å². The van der Waals surface area contributed by atoms with E-state index < -0.39 is 0 Å². The Morgan fingerprint density at radius 3 is 1.78 bits per heavy atom. The topological polar surface area (TPSA) is 26.3 Å². The molecule has 0 bridgehead atoms. The van der Waals surface area contributed by atoms with Crippen LogP contribution in [0.4, 0.5) is 0 Å². The molecule has 0 aliphatic carbocycles. The van der Waals surface area contributed by atoms with E-state index in [0.717, 1.165) is 49.3 Å². The van der Waals surface area contributed by atoms with Gasteiger partial charge in [-0.05, 0) is 75.6 Å². The first-order valence-electron chi connectivity index (χ1n) is 13.8. The molecule has 0 N–H and O–H groups in total. The summed E-state index contributed by atoms with van der Waals surface area (Å²) in [6.45, 7) is 0. The number of para-hydroxylation sites is 2. The van der Waals surface area contributed by atoms with Gasteiger partial charge in [0.1, 0.15) is 22.3 Å². The summed E-state index contributed by atoms with van der Waals surface area (Å²) in [5.74, 6) is 0. The van der Waals surface area contributed by atoms with Crippen molar-refractivity contribution in [1.29, 1.82) is 0 Å². The Labute approximate surface area is 237 Å². The minimum Gasteiger partial charge on any atom is -0.456 e. The Hall–Kier alpha value is -5.12. The Morgan fingerprint density at radius 2 is 1.00 bits per heavy atom. The van der Waals surface area contributed by atoms with Crippen molar-refractivity contribution in [3.63, 3.8) is 0 Å². The van der Waals surface area contributed by atoms with Crippen LogP contribution < -0.4 is 0 Å². The van der Waals surface area contributed by atoms with E-state index in [0.29, 0.717) is 0 Å². The highest BCUT2D eigenvalue weighted by molar-refractivity contribution is 7.26. The van der Waals surface area contributed by atoms with Crippen LogP contribution in [0.3, 0.4) is 0 Å². The average molecular weight is 541 g/mol. The minimum atomic E-state index is 0.911. The number of thiophene rings is 1. The van der Waals surface area contributed by atoms with Crippen LogP contribution in [0.1, 0.15) is 0 Å². The van der Waals surface area contributed by atoms with E-state index in [4.69, 9.17) is 8.83 Å². The molecule has 10 aromatic rings. The third kappa shape index (κ3) is 2.91. The second kappa shape index (κ2) is 7.75. The van der Waals surface area contributed by atoms with Gasteiger partial charge in [-0.15, -0.1) is 11.3 Å². The van der Waals surface area contributed by atoms with Gasteiger partial charge in [-0.1, -0.05) is 72.8 Å². The van der Waals surface area contributed by atoms with Crippen molar-refractivity contribution in [2.45, 2.75) is 0 Å². The third-order valence-corrected chi connectivity index (χ3v) is 9.86. The van der Waals surface area contributed by atoms with Gasteiger partial charge in [-0.25, -0.2) is 0 Å². The van der Waals surface area contributed by atoms with Crippen molar-refractivity contribution in [1.82, 2.24) is 0 Å². The van der Waals surface area contributed by atoms with Gasteiger partial charge >= 0.3 is 0 Å². The lowest BCUT2D eigenvalue weighted by molar-refractivity contribution is 0.669. The van der Waals surface area contributed by atoms with Gasteiger partial charge in [0.2, 0.25) is 0 Å². The maximum Gasteiger partial charge on any atom is 0.136 e. The number of fused-ring (bicyclic) bond motifs is 12. The van der Waals surface area contributed by atoms with Crippen LogP contribution in [-0.2, 0) is 0 Å². The smallest absolute Gasteiger partial charge is 0.136 e. The molecule has 0 aliphatic heterocycles. The molecular weight excluding hydrogens is 520 g/mol. The predicted octanol–water partition coefficient (Wildman–Crippen LogP) is 11.8. The second-order valence-corrected chi connectivity index (χ2v) is 11.9. The largest absolute Gasteiger partial charge is 0.456 e. The van der Waals surface area contributed by atoms with E-state index in [1.807, 2.05) is 29.5 Å². The third-order valence-electron chi connectivity index (χ3n) is 8.64. The first kappa shape index (κ1) is 21.7. The molecule has 0 spiro atoms. The predicted molar refractivity (Wildman–Crippen MR) is 174 cm³/mol. The normalized spacial score (nSPS) is 12.4. The molecule has 0 radical (unpaired) electrons. The summed E-state index contributed by atoms with van der Waals surface area (Å²) in [6.07, 6.45) is 0. The lowest BCUT2D eigenvalue weighted by atomic mass is 9.91. The van der Waals surface area contributed by atoms with Crippen molar-refractivity contribution in [2.75, 3.05) is 0 Å². The fraction of sp³-hybridized carbons (Fsp3) is 0. The van der Waals surface area contributed by atoms with Crippen molar-refractivity contribution in [2.24, 2.45) is 0 Å². The minimum absolute atomic E-state index is 0.911. The summed E-state index contributed by atoms with van der Waals surface area (Å²) >= 11 is 1.87. The summed E-state index contributed by atoms with van der Waals surface area (Å²) in [5, 5.41) is 12.0. The molecule has 3 heterocycles. The van der Waals surface area contributed by atoms with Crippen LogP contribution in [-0.4, -0.2) is 0 Å². The van der Waals surface area contributed by atoms with Crippen LogP contribution >= 0.6 is 11.3 Å². The van der Waals surface area contributed by atoms with Gasteiger partial charge in [0.25, 0.3) is 0 Å². The number of furan rings is 2. The zero-order chi connectivity index (χ0) is 26.7. The number of benzene rings is 7. The highest BCUT2D eigenvalue weighted by Crippen LogP contribution is 2.46. The van der Waals surface area contributed by atoms with Crippen molar-refractivity contribution in [3.05, 3.63) is 121 Å². The van der Waals surface area contributed by atoms with Gasteiger partial charge in [0.15, 0.2) is 0 Å². The van der Waals surface area contributed by atoms with Crippen LogP contribution in [0.25, 0.3) is 96.7 Å². The first-order chi connectivity index (χ1) is 20.3. The van der Waals surface area contributed by atoms with Gasteiger partial charge in [-0.3, -0.25) is 0 Å². The molecule has 0 aliphatic rings. The summed E-state index contributed by atoms with van der Waals surface area (Å²) in [5.41, 5.74) is 6.14. The fourth-order valence-electron chi connectivity index (χ4n) is 6.77. The summed E-state index contributed by atoms with van der Waals surface area (Å²) in [4.78, 5) is 0. The molecule has 0 saturated carbocycles. The van der Waals surface area contributed by atoms with E-state index in [9.17, 15) is 0 Å². The molecule has 10 rings (SSSR count). The Bertz CT molecular complexity index is 2700. The molecule has 0 saturated heterocycles. The highest BCUT2D eigenvalue weighted by Gasteiger charge is 2.18. The van der Waals surface area contributed by atoms with E-state index >= 15 is 0 Å². The van der Waals surface area contributed by atoms with Gasteiger partial charge in [0, 0.05) is 47.3 Å². The van der Waals surface area contributed by atoms with E-state index in [-0.39, 0.29) is 0 Å². The maximum atomic E-state index is 6.39. The lowest BCUT2D eigenvalue weighted by Crippen LogP contribution is -1.86. The zero-order valence-corrected chi connectivity index (χ0v) is 22.6. The fourth-order valence-corrected chi connectivity index (χ4v) is 8.00. The molecule has 0 unspecified atom stereocenters. The second-order valence-electron chi connectivity index (χ2n) is 10.9. The summed E-state index contributed by atoms with van der Waals surface area (Å²) in [7, 11) is 0. The number of hydrogen-bond acceptors (Lipinski definition) is 3. The Morgan fingerprint density at radius 1 is 0.366 bits per heavy atom. The van der Waals surface area contributed by atoms with Crippen molar-refractivity contribution in [3.8, 4) is 11.1 Å². The molecule has 0 atom stereocenters. The molecule has 7 aromatic carbocycles. The first-order valence-corrected chi connectivity index (χ1v) is 14.7. The monoisotopic (exact) mass is 540 g/mol. The molecule has 41 heavy (non-hydrogen) atoms. The van der Waals surface area contributed by atoms with Gasteiger partial charge in [0.05, 0.1) is 0 Å². The average Bonchev–Trinajstić information content (AvgIpc) is 3.69. The summed E-state index contributed by atoms with van der Waals surface area (Å²) in [6, 6.07) is 43.5. The van der Waals surface area contributed by atoms with E-state index in [2.05, 4.69) is 103 Å². The van der Waals surface area contributed by atoms with E-state index in [1.54, 1.807) is 0 Å². The van der Waals surface area contributed by atoms with Crippen LogP contribution in [0.5, 0.6) is 0 Å². The molecule has 0 fully saturated rings. The molecule has 3 aromatic heterocycles. The lowest BCUT2D eigenvalue weighted by Gasteiger charge is -2.13. The van der Waals surface area contributed by atoms with Crippen LogP contribution in [0.2, 0.25) is 0 Å². The van der Waals surface area contributed by atoms with E-state index in [1.165, 1.54) is 47.5 Å². The number of rotatable bonds is 1. The number of hydrogen-bond donors (Lipinski definition) is 0. The Balaban J connectivity index is 1.41.